The molecular formula is C17H24FNO2. The van der Waals surface area contributed by atoms with Crippen LogP contribution in [0.25, 0.3) is 0 Å². The lowest BCUT2D eigenvalue weighted by Gasteiger charge is -2.30. The van der Waals surface area contributed by atoms with Gasteiger partial charge in [-0.05, 0) is 36.5 Å². The van der Waals surface area contributed by atoms with Crippen LogP contribution in [0.2, 0.25) is 0 Å². The first-order chi connectivity index (χ1) is 10.1. The van der Waals surface area contributed by atoms with Crippen molar-refractivity contribution in [2.75, 3.05) is 6.61 Å². The summed E-state index contributed by atoms with van der Waals surface area (Å²) < 4.78 is 19.6. The maximum atomic E-state index is 13.8. The van der Waals surface area contributed by atoms with Crippen LogP contribution in [0.15, 0.2) is 18.2 Å². The molecule has 1 saturated heterocycles. The van der Waals surface area contributed by atoms with Gasteiger partial charge in [-0.3, -0.25) is 4.79 Å². The Morgan fingerprint density at radius 2 is 2.24 bits per heavy atom. The number of ether oxygens (including phenoxy) is 1. The number of nitrogens with two attached hydrogens (primary N) is 1. The minimum atomic E-state index is -0.735. The summed E-state index contributed by atoms with van der Waals surface area (Å²) in [5, 5.41) is 0. The van der Waals surface area contributed by atoms with Gasteiger partial charge in [0.2, 0.25) is 0 Å². The van der Waals surface area contributed by atoms with Crippen molar-refractivity contribution in [3.63, 3.8) is 0 Å². The van der Waals surface area contributed by atoms with E-state index >= 15 is 0 Å². The monoisotopic (exact) mass is 293 g/mol. The van der Waals surface area contributed by atoms with Crippen molar-refractivity contribution in [1.29, 1.82) is 0 Å². The highest BCUT2D eigenvalue weighted by molar-refractivity contribution is 5.93. The van der Waals surface area contributed by atoms with Gasteiger partial charge in [-0.15, -0.1) is 0 Å². The Kier molecular flexibility index (Phi) is 5.74. The molecule has 3 nitrogen and oxygen atoms in total. The summed E-state index contributed by atoms with van der Waals surface area (Å²) >= 11 is 0. The highest BCUT2D eigenvalue weighted by Crippen LogP contribution is 2.34. The summed E-state index contributed by atoms with van der Waals surface area (Å²) in [4.78, 5) is 11.1. The number of benzene rings is 1. The highest BCUT2D eigenvalue weighted by atomic mass is 19.1. The van der Waals surface area contributed by atoms with Crippen molar-refractivity contribution in [3.05, 3.63) is 35.1 Å². The van der Waals surface area contributed by atoms with Gasteiger partial charge in [-0.25, -0.2) is 4.39 Å². The van der Waals surface area contributed by atoms with Crippen LogP contribution in [-0.4, -0.2) is 12.5 Å². The van der Waals surface area contributed by atoms with Gasteiger partial charge in [-0.1, -0.05) is 38.7 Å². The third-order valence-corrected chi connectivity index (χ3v) is 4.24. The minimum Gasteiger partial charge on any atom is -0.374 e. The average molecular weight is 293 g/mol. The van der Waals surface area contributed by atoms with E-state index in [0.29, 0.717) is 5.92 Å². The second kappa shape index (κ2) is 7.55. The molecule has 1 heterocycles. The fourth-order valence-corrected chi connectivity index (χ4v) is 2.97. The van der Waals surface area contributed by atoms with Crippen molar-refractivity contribution in [2.24, 2.45) is 11.7 Å². The number of primary amides is 1. The summed E-state index contributed by atoms with van der Waals surface area (Å²) in [6, 6.07) is 4.60. The maximum absolute atomic E-state index is 13.8. The van der Waals surface area contributed by atoms with Gasteiger partial charge in [0.1, 0.15) is 5.82 Å². The molecule has 1 amide bonds. The van der Waals surface area contributed by atoms with Gasteiger partial charge in [0.15, 0.2) is 0 Å². The second-order valence-electron chi connectivity index (χ2n) is 5.85. The SMILES string of the molecule is CCCCCC1CCOC(c2ccc(C(N)=O)c(F)c2)C1. The lowest BCUT2D eigenvalue weighted by atomic mass is 9.88. The molecular weight excluding hydrogens is 269 g/mol. The molecule has 0 spiro atoms. The third kappa shape index (κ3) is 4.27. The van der Waals surface area contributed by atoms with Crippen LogP contribution >= 0.6 is 0 Å². The third-order valence-electron chi connectivity index (χ3n) is 4.24. The van der Waals surface area contributed by atoms with Crippen molar-refractivity contribution in [1.82, 2.24) is 0 Å². The normalized spacial score (nSPS) is 22.2. The van der Waals surface area contributed by atoms with Crippen molar-refractivity contribution in [2.45, 2.75) is 51.6 Å². The van der Waals surface area contributed by atoms with E-state index in [9.17, 15) is 9.18 Å². The Hall–Kier alpha value is -1.42. The number of rotatable bonds is 6. The first-order valence-electron chi connectivity index (χ1n) is 7.82. The van der Waals surface area contributed by atoms with Crippen LogP contribution in [0.1, 0.15) is 67.5 Å². The molecule has 1 aromatic carbocycles. The van der Waals surface area contributed by atoms with E-state index in [-0.39, 0.29) is 11.7 Å². The fraction of sp³-hybridized carbons (Fsp3) is 0.588. The van der Waals surface area contributed by atoms with Gasteiger partial charge >= 0.3 is 0 Å². The van der Waals surface area contributed by atoms with Gasteiger partial charge < -0.3 is 10.5 Å². The molecule has 2 unspecified atom stereocenters. The molecule has 2 rings (SSSR count). The fourth-order valence-electron chi connectivity index (χ4n) is 2.97. The zero-order valence-corrected chi connectivity index (χ0v) is 12.6. The van der Waals surface area contributed by atoms with E-state index in [0.717, 1.165) is 25.0 Å². The largest absolute Gasteiger partial charge is 0.374 e. The van der Waals surface area contributed by atoms with Crippen molar-refractivity contribution < 1.29 is 13.9 Å². The van der Waals surface area contributed by atoms with E-state index < -0.39 is 11.7 Å². The van der Waals surface area contributed by atoms with Crippen molar-refractivity contribution in [3.8, 4) is 0 Å². The topological polar surface area (TPSA) is 52.3 Å². The highest BCUT2D eigenvalue weighted by Gasteiger charge is 2.24. The molecule has 2 N–H and O–H groups in total. The first-order valence-corrected chi connectivity index (χ1v) is 7.82. The molecule has 1 aromatic rings. The number of hydrogen-bond acceptors (Lipinski definition) is 2. The predicted octanol–water partition coefficient (Wildman–Crippen LogP) is 3.97. The summed E-state index contributed by atoms with van der Waals surface area (Å²) in [5.41, 5.74) is 5.87. The molecule has 2 atom stereocenters. The molecule has 1 aliphatic heterocycles. The molecule has 0 aromatic heterocycles. The Morgan fingerprint density at radius 3 is 2.90 bits per heavy atom. The van der Waals surface area contributed by atoms with E-state index in [1.807, 2.05) is 0 Å². The van der Waals surface area contributed by atoms with Gasteiger partial charge in [0, 0.05) is 6.61 Å². The summed E-state index contributed by atoms with van der Waals surface area (Å²) in [6.45, 7) is 2.93. The van der Waals surface area contributed by atoms with Gasteiger partial charge in [-0.2, -0.15) is 0 Å². The molecule has 0 bridgehead atoms. The average Bonchev–Trinajstić information content (AvgIpc) is 2.47. The summed E-state index contributed by atoms with van der Waals surface area (Å²) in [7, 11) is 0. The quantitative estimate of drug-likeness (QED) is 0.807. The lowest BCUT2D eigenvalue weighted by molar-refractivity contribution is -0.0126. The van der Waals surface area contributed by atoms with Gasteiger partial charge in [0.05, 0.1) is 11.7 Å². The number of carbonyl (C=O) groups is 1. The molecule has 0 radical (unpaired) electrons. The van der Waals surface area contributed by atoms with Crippen LogP contribution in [0.5, 0.6) is 0 Å². The Morgan fingerprint density at radius 1 is 1.43 bits per heavy atom. The zero-order chi connectivity index (χ0) is 15.2. The van der Waals surface area contributed by atoms with Crippen LogP contribution in [0.3, 0.4) is 0 Å². The number of hydrogen-bond donors (Lipinski definition) is 1. The molecule has 4 heteroatoms. The number of carbonyl (C=O) groups excluding carboxylic acids is 1. The standard InChI is InChI=1S/C17H24FNO2/c1-2-3-4-5-12-8-9-21-16(10-12)13-6-7-14(17(19)20)15(18)11-13/h6-7,11-12,16H,2-5,8-10H2,1H3,(H2,19,20). The zero-order valence-electron chi connectivity index (χ0n) is 12.6. The number of amides is 1. The number of halogens is 1. The van der Waals surface area contributed by atoms with E-state index in [1.54, 1.807) is 6.07 Å². The maximum Gasteiger partial charge on any atom is 0.251 e. The van der Waals surface area contributed by atoms with Gasteiger partial charge in [0.25, 0.3) is 5.91 Å². The minimum absolute atomic E-state index is 0.0611. The molecule has 1 aliphatic rings. The Balaban J connectivity index is 2.00. The van der Waals surface area contributed by atoms with E-state index in [2.05, 4.69) is 6.92 Å². The Bertz CT molecular complexity index is 490. The second-order valence-corrected chi connectivity index (χ2v) is 5.85. The molecule has 21 heavy (non-hydrogen) atoms. The first kappa shape index (κ1) is 16.0. The molecule has 116 valence electrons. The van der Waals surface area contributed by atoms with Crippen LogP contribution in [-0.2, 0) is 4.74 Å². The van der Waals surface area contributed by atoms with Crippen molar-refractivity contribution >= 4 is 5.91 Å². The van der Waals surface area contributed by atoms with E-state index in [1.165, 1.54) is 37.8 Å². The summed E-state index contributed by atoms with van der Waals surface area (Å²) in [6.07, 6.45) is 6.91. The molecule has 0 aliphatic carbocycles. The number of unbranched alkanes of at least 4 members (excludes halogenated alkanes) is 2. The predicted molar refractivity (Wildman–Crippen MR) is 80.5 cm³/mol. The lowest BCUT2D eigenvalue weighted by Crippen LogP contribution is -2.20. The van der Waals surface area contributed by atoms with Crippen LogP contribution in [0.4, 0.5) is 4.39 Å². The van der Waals surface area contributed by atoms with E-state index in [4.69, 9.17) is 10.5 Å². The van der Waals surface area contributed by atoms with Crippen LogP contribution in [0, 0.1) is 11.7 Å². The Labute approximate surface area is 125 Å². The molecule has 1 fully saturated rings. The summed E-state index contributed by atoms with van der Waals surface area (Å²) in [5.74, 6) is -0.646. The van der Waals surface area contributed by atoms with Crippen LogP contribution < -0.4 is 5.73 Å². The smallest absolute Gasteiger partial charge is 0.251 e. The molecule has 0 saturated carbocycles.